The molecule has 0 amide bonds. The molecule has 1 atom stereocenters. The molecule has 0 bridgehead atoms. The zero-order valence-electron chi connectivity index (χ0n) is 8.06. The molecular formula is C11H13BrF2. The largest absolute Gasteiger partial charge is 0.204 e. The molecule has 0 saturated carbocycles. The topological polar surface area (TPSA) is 0 Å². The van der Waals surface area contributed by atoms with Gasteiger partial charge in [-0.3, -0.25) is 0 Å². The van der Waals surface area contributed by atoms with Gasteiger partial charge in [-0.2, -0.15) is 0 Å². The Morgan fingerprint density at radius 1 is 1.29 bits per heavy atom. The van der Waals surface area contributed by atoms with Crippen LogP contribution in [0.1, 0.15) is 18.9 Å². The van der Waals surface area contributed by atoms with E-state index < -0.39 is 11.6 Å². The van der Waals surface area contributed by atoms with E-state index in [4.69, 9.17) is 0 Å². The molecule has 0 spiro atoms. The lowest BCUT2D eigenvalue weighted by molar-refractivity contribution is 0.505. The van der Waals surface area contributed by atoms with Gasteiger partial charge in [0.15, 0.2) is 11.6 Å². The monoisotopic (exact) mass is 262 g/mol. The first kappa shape index (κ1) is 11.6. The number of aryl methyl sites for hydroxylation is 1. The van der Waals surface area contributed by atoms with E-state index in [1.165, 1.54) is 12.1 Å². The molecule has 0 aliphatic carbocycles. The summed E-state index contributed by atoms with van der Waals surface area (Å²) >= 11 is 3.38. The summed E-state index contributed by atoms with van der Waals surface area (Å²) in [5, 5.41) is 0.941. The molecule has 1 rings (SSSR count). The molecule has 1 unspecified atom stereocenters. The van der Waals surface area contributed by atoms with Crippen LogP contribution in [0, 0.1) is 17.6 Å². The fourth-order valence-electron chi connectivity index (χ4n) is 1.19. The van der Waals surface area contributed by atoms with Crippen LogP contribution < -0.4 is 0 Å². The van der Waals surface area contributed by atoms with E-state index >= 15 is 0 Å². The molecule has 0 aromatic heterocycles. The van der Waals surface area contributed by atoms with Crippen LogP contribution in [0.4, 0.5) is 8.78 Å². The van der Waals surface area contributed by atoms with Crippen LogP contribution in [0.3, 0.4) is 0 Å². The Balaban J connectivity index is 2.55. The summed E-state index contributed by atoms with van der Waals surface area (Å²) in [6.07, 6.45) is 1.78. The van der Waals surface area contributed by atoms with E-state index in [0.717, 1.165) is 23.7 Å². The van der Waals surface area contributed by atoms with Crippen molar-refractivity contribution in [1.82, 2.24) is 0 Å². The zero-order valence-corrected chi connectivity index (χ0v) is 9.65. The number of hydrogen-bond donors (Lipinski definition) is 0. The summed E-state index contributed by atoms with van der Waals surface area (Å²) in [5.41, 5.74) is 0.858. The van der Waals surface area contributed by atoms with Crippen LogP contribution in [0.15, 0.2) is 18.2 Å². The summed E-state index contributed by atoms with van der Waals surface area (Å²) in [7, 11) is 0. The van der Waals surface area contributed by atoms with E-state index in [0.29, 0.717) is 5.92 Å². The second kappa shape index (κ2) is 5.44. The molecule has 0 aliphatic rings. The van der Waals surface area contributed by atoms with Crippen molar-refractivity contribution in [1.29, 1.82) is 0 Å². The Morgan fingerprint density at radius 3 is 2.57 bits per heavy atom. The summed E-state index contributed by atoms with van der Waals surface area (Å²) in [6, 6.07) is 4.10. The Hall–Kier alpha value is -0.440. The van der Waals surface area contributed by atoms with Gasteiger partial charge >= 0.3 is 0 Å². The minimum atomic E-state index is -0.776. The number of benzene rings is 1. The third kappa shape index (κ3) is 3.37. The SMILES string of the molecule is CC(CBr)CCc1ccc(F)c(F)c1. The van der Waals surface area contributed by atoms with Gasteiger partial charge in [-0.25, -0.2) is 8.78 Å². The standard InChI is InChI=1S/C11H13BrF2/c1-8(7-12)2-3-9-4-5-10(13)11(14)6-9/h4-6,8H,2-3,7H2,1H3. The first-order valence-electron chi connectivity index (χ1n) is 4.63. The van der Waals surface area contributed by atoms with Crippen molar-refractivity contribution in [3.8, 4) is 0 Å². The second-order valence-corrected chi connectivity index (χ2v) is 4.19. The van der Waals surface area contributed by atoms with Crippen LogP contribution in [0.5, 0.6) is 0 Å². The van der Waals surface area contributed by atoms with E-state index in [2.05, 4.69) is 22.9 Å². The molecule has 1 aromatic carbocycles. The van der Waals surface area contributed by atoms with E-state index in [1.54, 1.807) is 6.07 Å². The molecule has 0 fully saturated rings. The highest BCUT2D eigenvalue weighted by Gasteiger charge is 2.04. The van der Waals surface area contributed by atoms with Gasteiger partial charge in [0.25, 0.3) is 0 Å². The first-order valence-corrected chi connectivity index (χ1v) is 5.75. The molecular weight excluding hydrogens is 250 g/mol. The lowest BCUT2D eigenvalue weighted by atomic mass is 10.0. The zero-order chi connectivity index (χ0) is 10.6. The van der Waals surface area contributed by atoms with Crippen molar-refractivity contribution >= 4 is 15.9 Å². The van der Waals surface area contributed by atoms with Gasteiger partial charge in [-0.05, 0) is 36.5 Å². The summed E-state index contributed by atoms with van der Waals surface area (Å²) in [5.74, 6) is -0.973. The highest BCUT2D eigenvalue weighted by atomic mass is 79.9. The fourth-order valence-corrected chi connectivity index (χ4v) is 1.51. The van der Waals surface area contributed by atoms with Crippen molar-refractivity contribution in [3.05, 3.63) is 35.4 Å². The normalized spacial score (nSPS) is 12.9. The van der Waals surface area contributed by atoms with E-state index in [1.807, 2.05) is 0 Å². The predicted octanol–water partition coefficient (Wildman–Crippen LogP) is 3.93. The van der Waals surface area contributed by atoms with Gasteiger partial charge in [-0.15, -0.1) is 0 Å². The molecule has 0 N–H and O–H groups in total. The number of hydrogen-bond acceptors (Lipinski definition) is 0. The average Bonchev–Trinajstić information content (AvgIpc) is 2.19. The lowest BCUT2D eigenvalue weighted by Gasteiger charge is -2.07. The molecule has 0 aliphatic heterocycles. The molecule has 14 heavy (non-hydrogen) atoms. The Bertz CT molecular complexity index is 299. The maximum Gasteiger partial charge on any atom is 0.159 e. The van der Waals surface area contributed by atoms with Gasteiger partial charge in [-0.1, -0.05) is 28.9 Å². The van der Waals surface area contributed by atoms with Crippen LogP contribution in [0.2, 0.25) is 0 Å². The van der Waals surface area contributed by atoms with Crippen molar-refractivity contribution < 1.29 is 8.78 Å². The molecule has 0 radical (unpaired) electrons. The molecule has 3 heteroatoms. The smallest absolute Gasteiger partial charge is 0.159 e. The summed E-state index contributed by atoms with van der Waals surface area (Å²) < 4.78 is 25.4. The minimum absolute atomic E-state index is 0.558. The molecule has 0 nitrogen and oxygen atoms in total. The van der Waals surface area contributed by atoms with Gasteiger partial charge in [0, 0.05) is 5.33 Å². The van der Waals surface area contributed by atoms with Gasteiger partial charge in [0.1, 0.15) is 0 Å². The van der Waals surface area contributed by atoms with Crippen molar-refractivity contribution in [3.63, 3.8) is 0 Å². The van der Waals surface area contributed by atoms with E-state index in [-0.39, 0.29) is 0 Å². The number of rotatable bonds is 4. The molecule has 1 aromatic rings. The van der Waals surface area contributed by atoms with Gasteiger partial charge in [0.05, 0.1) is 0 Å². The highest BCUT2D eigenvalue weighted by Crippen LogP contribution is 2.14. The van der Waals surface area contributed by atoms with Crippen molar-refractivity contribution in [2.24, 2.45) is 5.92 Å². The summed E-state index contributed by atoms with van der Waals surface area (Å²) in [4.78, 5) is 0. The minimum Gasteiger partial charge on any atom is -0.204 e. The van der Waals surface area contributed by atoms with Crippen molar-refractivity contribution in [2.45, 2.75) is 19.8 Å². The second-order valence-electron chi connectivity index (χ2n) is 3.55. The highest BCUT2D eigenvalue weighted by molar-refractivity contribution is 9.09. The Morgan fingerprint density at radius 2 is 2.00 bits per heavy atom. The average molecular weight is 263 g/mol. The van der Waals surface area contributed by atoms with Gasteiger partial charge < -0.3 is 0 Å². The maximum absolute atomic E-state index is 12.8. The summed E-state index contributed by atoms with van der Waals surface area (Å²) in [6.45, 7) is 2.12. The Labute approximate surface area is 91.5 Å². The van der Waals surface area contributed by atoms with Crippen LogP contribution in [0.25, 0.3) is 0 Å². The Kier molecular flexibility index (Phi) is 4.52. The maximum atomic E-state index is 12.8. The van der Waals surface area contributed by atoms with Gasteiger partial charge in [0.2, 0.25) is 0 Å². The lowest BCUT2D eigenvalue weighted by Crippen LogP contribution is -1.99. The van der Waals surface area contributed by atoms with E-state index in [9.17, 15) is 8.78 Å². The van der Waals surface area contributed by atoms with Crippen LogP contribution in [-0.4, -0.2) is 5.33 Å². The number of halogens is 3. The fraction of sp³-hybridized carbons (Fsp3) is 0.455. The van der Waals surface area contributed by atoms with Crippen LogP contribution in [-0.2, 0) is 6.42 Å². The quantitative estimate of drug-likeness (QED) is 0.722. The van der Waals surface area contributed by atoms with Crippen molar-refractivity contribution in [2.75, 3.05) is 5.33 Å². The third-order valence-electron chi connectivity index (χ3n) is 2.17. The molecule has 0 saturated heterocycles. The molecule has 78 valence electrons. The number of alkyl halides is 1. The first-order chi connectivity index (χ1) is 6.63. The predicted molar refractivity (Wildman–Crippen MR) is 57.6 cm³/mol. The third-order valence-corrected chi connectivity index (χ3v) is 3.28. The molecule has 0 heterocycles. The van der Waals surface area contributed by atoms with Crippen LogP contribution >= 0.6 is 15.9 Å².